The predicted molar refractivity (Wildman–Crippen MR) is 97.2 cm³/mol. The fraction of sp³-hybridized carbons (Fsp3) is 0.500. The van der Waals surface area contributed by atoms with Gasteiger partial charge >= 0.3 is 5.97 Å². The van der Waals surface area contributed by atoms with Gasteiger partial charge in [-0.2, -0.15) is 0 Å². The molecule has 0 bridgehead atoms. The van der Waals surface area contributed by atoms with Crippen molar-refractivity contribution in [2.45, 2.75) is 45.6 Å². The van der Waals surface area contributed by atoms with Crippen molar-refractivity contribution in [1.29, 1.82) is 0 Å². The molecule has 1 aliphatic carbocycles. The summed E-state index contributed by atoms with van der Waals surface area (Å²) in [4.78, 5) is 23.8. The Hall–Kier alpha value is -2.30. The fourth-order valence-electron chi connectivity index (χ4n) is 3.03. The largest absolute Gasteiger partial charge is 0.493 e. The van der Waals surface area contributed by atoms with Gasteiger partial charge in [0, 0.05) is 17.7 Å². The molecule has 0 spiro atoms. The minimum Gasteiger partial charge on any atom is -0.493 e. The van der Waals surface area contributed by atoms with E-state index >= 15 is 0 Å². The van der Waals surface area contributed by atoms with Crippen LogP contribution >= 0.6 is 0 Å². The quantitative estimate of drug-likeness (QED) is 0.608. The highest BCUT2D eigenvalue weighted by atomic mass is 16.5. The van der Waals surface area contributed by atoms with Crippen LogP contribution in [-0.4, -0.2) is 31.1 Å². The van der Waals surface area contributed by atoms with Gasteiger partial charge in [0.15, 0.2) is 6.61 Å². The predicted octanol–water partition coefficient (Wildman–Crippen LogP) is 3.34. The highest BCUT2D eigenvalue weighted by Gasteiger charge is 2.22. The van der Waals surface area contributed by atoms with Crippen LogP contribution in [0.5, 0.6) is 5.75 Å². The maximum Gasteiger partial charge on any atom is 0.331 e. The molecule has 1 N–H and O–H groups in total. The van der Waals surface area contributed by atoms with E-state index in [9.17, 15) is 9.59 Å². The second kappa shape index (κ2) is 9.87. The van der Waals surface area contributed by atoms with E-state index in [2.05, 4.69) is 12.2 Å². The van der Waals surface area contributed by atoms with Gasteiger partial charge in [-0.25, -0.2) is 4.79 Å². The van der Waals surface area contributed by atoms with Gasteiger partial charge in [-0.1, -0.05) is 38.0 Å². The molecule has 0 saturated heterocycles. The average molecular weight is 345 g/mol. The zero-order chi connectivity index (χ0) is 18.1. The summed E-state index contributed by atoms with van der Waals surface area (Å²) in [7, 11) is 0. The van der Waals surface area contributed by atoms with Crippen molar-refractivity contribution in [3.8, 4) is 5.75 Å². The Morgan fingerprint density at radius 2 is 2.00 bits per heavy atom. The molecule has 5 nitrogen and oxygen atoms in total. The molecule has 2 atom stereocenters. The molecule has 5 heteroatoms. The number of carbonyl (C=O) groups excluding carboxylic acids is 2. The fourth-order valence-corrected chi connectivity index (χ4v) is 3.03. The van der Waals surface area contributed by atoms with Crippen LogP contribution in [0, 0.1) is 5.92 Å². The molecule has 136 valence electrons. The van der Waals surface area contributed by atoms with Gasteiger partial charge < -0.3 is 14.8 Å². The summed E-state index contributed by atoms with van der Waals surface area (Å²) in [5.74, 6) is 0.398. The van der Waals surface area contributed by atoms with Gasteiger partial charge in [0.1, 0.15) is 5.75 Å². The first-order valence-corrected chi connectivity index (χ1v) is 8.96. The Morgan fingerprint density at radius 3 is 2.76 bits per heavy atom. The molecular weight excluding hydrogens is 318 g/mol. The van der Waals surface area contributed by atoms with Gasteiger partial charge in [0.05, 0.1) is 6.61 Å². The molecule has 0 aromatic heterocycles. The Balaban J connectivity index is 1.79. The molecule has 1 aromatic rings. The molecule has 0 unspecified atom stereocenters. The SMILES string of the molecule is CCOc1ccccc1/C=C/C(=O)OCC(=O)N[C@@H]1CCCC[C@@H]1C. The second-order valence-corrected chi connectivity index (χ2v) is 6.35. The van der Waals surface area contributed by atoms with Crippen LogP contribution in [0.4, 0.5) is 0 Å². The van der Waals surface area contributed by atoms with Crippen molar-refractivity contribution in [3.05, 3.63) is 35.9 Å². The lowest BCUT2D eigenvalue weighted by molar-refractivity contribution is -0.144. The summed E-state index contributed by atoms with van der Waals surface area (Å²) in [5.41, 5.74) is 0.793. The lowest BCUT2D eigenvalue weighted by Crippen LogP contribution is -2.42. The van der Waals surface area contributed by atoms with Gasteiger partial charge in [-0.05, 0) is 37.8 Å². The Labute approximate surface area is 149 Å². The number of esters is 1. The standard InChI is InChI=1S/C20H27NO4/c1-3-24-18-11-7-5-9-16(18)12-13-20(23)25-14-19(22)21-17-10-6-4-8-15(17)2/h5,7,9,11-13,15,17H,3-4,6,8,10,14H2,1-2H3,(H,21,22)/b13-12+/t15-,17+/m0/s1. The van der Waals surface area contributed by atoms with E-state index in [-0.39, 0.29) is 18.6 Å². The molecule has 1 aliphatic rings. The third-order valence-electron chi connectivity index (χ3n) is 4.42. The molecule has 25 heavy (non-hydrogen) atoms. The minimum atomic E-state index is -0.543. The molecule has 1 saturated carbocycles. The summed E-state index contributed by atoms with van der Waals surface area (Å²) < 4.78 is 10.5. The third-order valence-corrected chi connectivity index (χ3v) is 4.42. The van der Waals surface area contributed by atoms with Crippen molar-refractivity contribution in [1.82, 2.24) is 5.32 Å². The zero-order valence-corrected chi connectivity index (χ0v) is 15.0. The van der Waals surface area contributed by atoms with Crippen LogP contribution in [0.15, 0.2) is 30.3 Å². The lowest BCUT2D eigenvalue weighted by atomic mass is 9.86. The van der Waals surface area contributed by atoms with Crippen molar-refractivity contribution in [2.24, 2.45) is 5.92 Å². The van der Waals surface area contributed by atoms with Crippen molar-refractivity contribution >= 4 is 18.0 Å². The number of rotatable bonds is 7. The first-order chi connectivity index (χ1) is 12.1. The van der Waals surface area contributed by atoms with E-state index in [1.54, 1.807) is 6.08 Å². The monoisotopic (exact) mass is 345 g/mol. The number of benzene rings is 1. The summed E-state index contributed by atoms with van der Waals surface area (Å²) in [6, 6.07) is 7.62. The topological polar surface area (TPSA) is 64.6 Å². The lowest BCUT2D eigenvalue weighted by Gasteiger charge is -2.29. The Kier molecular flexibility index (Phi) is 7.51. The van der Waals surface area contributed by atoms with Gasteiger partial charge in [0.2, 0.25) is 0 Å². The Bertz CT molecular complexity index is 611. The van der Waals surface area contributed by atoms with Crippen LogP contribution in [-0.2, 0) is 14.3 Å². The van der Waals surface area contributed by atoms with Crippen LogP contribution < -0.4 is 10.1 Å². The first-order valence-electron chi connectivity index (χ1n) is 8.96. The number of carbonyl (C=O) groups is 2. The summed E-state index contributed by atoms with van der Waals surface area (Å²) >= 11 is 0. The first kappa shape index (κ1) is 19.0. The number of para-hydroxylation sites is 1. The maximum atomic E-state index is 11.9. The van der Waals surface area contributed by atoms with E-state index in [1.165, 1.54) is 12.5 Å². The smallest absolute Gasteiger partial charge is 0.331 e. The minimum absolute atomic E-state index is 0.188. The Morgan fingerprint density at radius 1 is 1.24 bits per heavy atom. The van der Waals surface area contributed by atoms with Crippen LogP contribution in [0.1, 0.15) is 45.1 Å². The third kappa shape index (κ3) is 6.25. The van der Waals surface area contributed by atoms with Gasteiger partial charge in [-0.15, -0.1) is 0 Å². The number of hydrogen-bond donors (Lipinski definition) is 1. The molecular formula is C20H27NO4. The van der Waals surface area contributed by atoms with Crippen molar-refractivity contribution in [2.75, 3.05) is 13.2 Å². The summed E-state index contributed by atoms with van der Waals surface area (Å²) in [6.45, 7) is 4.35. The molecule has 1 amide bonds. The summed E-state index contributed by atoms with van der Waals surface area (Å²) in [5, 5.41) is 2.96. The average Bonchev–Trinajstić information content (AvgIpc) is 2.61. The van der Waals surface area contributed by atoms with E-state index < -0.39 is 5.97 Å². The van der Waals surface area contributed by atoms with Crippen LogP contribution in [0.25, 0.3) is 6.08 Å². The highest BCUT2D eigenvalue weighted by molar-refractivity contribution is 5.89. The van der Waals surface area contributed by atoms with E-state index in [1.807, 2.05) is 31.2 Å². The van der Waals surface area contributed by atoms with Gasteiger partial charge in [-0.3, -0.25) is 4.79 Å². The number of ether oxygens (including phenoxy) is 2. The molecule has 0 radical (unpaired) electrons. The highest BCUT2D eigenvalue weighted by Crippen LogP contribution is 2.23. The normalized spacial score (nSPS) is 20.2. The molecule has 1 fully saturated rings. The number of nitrogens with one attached hydrogen (secondary N) is 1. The van der Waals surface area contributed by atoms with E-state index in [4.69, 9.17) is 9.47 Å². The summed E-state index contributed by atoms with van der Waals surface area (Å²) in [6.07, 6.45) is 7.43. The zero-order valence-electron chi connectivity index (χ0n) is 15.0. The van der Waals surface area contributed by atoms with Crippen molar-refractivity contribution < 1.29 is 19.1 Å². The van der Waals surface area contributed by atoms with Gasteiger partial charge in [0.25, 0.3) is 5.91 Å². The molecule has 0 aliphatic heterocycles. The molecule has 0 heterocycles. The van der Waals surface area contributed by atoms with Crippen LogP contribution in [0.3, 0.4) is 0 Å². The maximum absolute atomic E-state index is 11.9. The number of amides is 1. The number of hydrogen-bond acceptors (Lipinski definition) is 4. The van der Waals surface area contributed by atoms with Crippen LogP contribution in [0.2, 0.25) is 0 Å². The van der Waals surface area contributed by atoms with Crippen molar-refractivity contribution in [3.63, 3.8) is 0 Å². The second-order valence-electron chi connectivity index (χ2n) is 6.35. The van der Waals surface area contributed by atoms with E-state index in [0.717, 1.165) is 24.8 Å². The molecule has 2 rings (SSSR count). The molecule has 1 aromatic carbocycles. The van der Waals surface area contributed by atoms with E-state index in [0.29, 0.717) is 18.3 Å².